The van der Waals surface area contributed by atoms with Crippen molar-refractivity contribution in [3.05, 3.63) is 381 Å². The maximum Gasteiger partial charge on any atom is 0.489 e. The van der Waals surface area contributed by atoms with Gasteiger partial charge in [0.15, 0.2) is 29.1 Å². The maximum absolute atomic E-state index is 10.5. The Morgan fingerprint density at radius 3 is 0.890 bits per heavy atom. The van der Waals surface area contributed by atoms with E-state index < -0.39 is 7.12 Å². The van der Waals surface area contributed by atoms with Gasteiger partial charge in [-0.05, 0) is 121 Å². The monoisotopic (exact) mass is 1570 g/mol. The first-order chi connectivity index (χ1) is 58.3. The van der Waals surface area contributed by atoms with E-state index in [0.717, 1.165) is 114 Å². The van der Waals surface area contributed by atoms with Crippen molar-refractivity contribution in [2.24, 2.45) is 0 Å². The molecule has 556 valence electrons. The topological polar surface area (TPSA) is 138 Å². The molecule has 0 radical (unpaired) electrons. The average molecular weight is 1570 g/mol. The summed E-state index contributed by atoms with van der Waals surface area (Å²) in [5.74, 6) is 3.10. The van der Waals surface area contributed by atoms with Crippen LogP contribution < -0.4 is 5.46 Å². The van der Waals surface area contributed by atoms with Gasteiger partial charge in [0.1, 0.15) is 0 Å². The number of hydrogen-bond acceptors (Lipinski definition) is 10. The summed E-state index contributed by atoms with van der Waals surface area (Å²) in [6.45, 7) is 0. The zero-order valence-corrected chi connectivity index (χ0v) is 65.3. The summed E-state index contributed by atoms with van der Waals surface area (Å²) in [6.07, 6.45) is 0. The van der Waals surface area contributed by atoms with Gasteiger partial charge in [-0.3, -0.25) is 0 Å². The predicted octanol–water partition coefficient (Wildman–Crippen LogP) is 25.2. The molecule has 0 atom stereocenters. The van der Waals surface area contributed by atoms with Crippen molar-refractivity contribution in [3.8, 4) is 79.7 Å². The second-order valence-corrected chi connectivity index (χ2v) is 31.7. The molecule has 12 nitrogen and oxygen atoms in total. The summed E-state index contributed by atoms with van der Waals surface area (Å²) in [5, 5.41) is 35.4. The van der Waals surface area contributed by atoms with Gasteiger partial charge in [-0.1, -0.05) is 267 Å². The SMILES string of the molecule is Clc1nc(-c2ccccc2)nc(-c2ccccc2)n1.OB(O)c1cc(-n2c3ccccc3c3cc4c5ccccc5n(-c5ccccc5)c4cc32)cc2c1sc1ccccc12.c1ccc(-c2nc(-c3ccccc3)nc(-c3cc(-n4c5ccccc5c5cc6c7ccccc7n(-c7ccccc7)c6cc54)cc4c3sc3ccccc34)n2)cc1. The first kappa shape index (κ1) is 70.1. The van der Waals surface area contributed by atoms with E-state index in [-0.39, 0.29) is 5.28 Å². The molecular formula is C102H64BClN10O2S2. The Morgan fingerprint density at radius 2 is 0.517 bits per heavy atom. The summed E-state index contributed by atoms with van der Waals surface area (Å²) in [7, 11) is -1.58. The number of nitrogens with zero attached hydrogens (tertiary/aromatic N) is 10. The fourth-order valence-electron chi connectivity index (χ4n) is 17.1. The van der Waals surface area contributed by atoms with Crippen molar-refractivity contribution >= 4 is 174 Å². The highest BCUT2D eigenvalue weighted by molar-refractivity contribution is 7.27. The van der Waals surface area contributed by atoms with Crippen molar-refractivity contribution in [3.63, 3.8) is 0 Å². The molecular weight excluding hydrogens is 1510 g/mol. The van der Waals surface area contributed by atoms with Crippen molar-refractivity contribution in [2.75, 3.05) is 0 Å². The molecule has 0 fully saturated rings. The molecule has 0 amide bonds. The van der Waals surface area contributed by atoms with E-state index >= 15 is 0 Å². The zero-order valence-electron chi connectivity index (χ0n) is 62.9. The van der Waals surface area contributed by atoms with Crippen molar-refractivity contribution in [1.82, 2.24) is 48.2 Å². The van der Waals surface area contributed by atoms with Crippen LogP contribution in [0.1, 0.15) is 0 Å². The predicted molar refractivity (Wildman–Crippen MR) is 491 cm³/mol. The lowest BCUT2D eigenvalue weighted by atomic mass is 9.79. The first-order valence-electron chi connectivity index (χ1n) is 39.0. The lowest BCUT2D eigenvalue weighted by molar-refractivity contribution is 0.426. The van der Waals surface area contributed by atoms with E-state index in [1.165, 1.54) is 64.3 Å². The molecule has 16 aromatic carbocycles. The highest BCUT2D eigenvalue weighted by Gasteiger charge is 2.27. The highest BCUT2D eigenvalue weighted by atomic mass is 35.5. The summed E-state index contributed by atoms with van der Waals surface area (Å²) < 4.78 is 13.8. The molecule has 24 aromatic rings. The lowest BCUT2D eigenvalue weighted by Gasteiger charge is -2.13. The lowest BCUT2D eigenvalue weighted by Crippen LogP contribution is -2.30. The maximum atomic E-state index is 10.5. The van der Waals surface area contributed by atoms with Gasteiger partial charge in [0, 0.05) is 139 Å². The number of para-hydroxylation sites is 6. The molecule has 24 rings (SSSR count). The van der Waals surface area contributed by atoms with Crippen LogP contribution in [0.4, 0.5) is 0 Å². The van der Waals surface area contributed by atoms with Crippen LogP contribution in [-0.4, -0.2) is 65.3 Å². The summed E-state index contributed by atoms with van der Waals surface area (Å²) in [5.41, 5.74) is 18.5. The van der Waals surface area contributed by atoms with Gasteiger partial charge < -0.3 is 28.3 Å². The van der Waals surface area contributed by atoms with Crippen LogP contribution in [-0.2, 0) is 0 Å². The second kappa shape index (κ2) is 29.1. The van der Waals surface area contributed by atoms with Gasteiger partial charge in [-0.15, -0.1) is 22.7 Å². The van der Waals surface area contributed by atoms with Gasteiger partial charge in [0.2, 0.25) is 5.28 Å². The number of hydrogen-bond donors (Lipinski definition) is 2. The van der Waals surface area contributed by atoms with Crippen LogP contribution in [0.2, 0.25) is 5.28 Å². The number of thiophene rings is 2. The molecule has 0 unspecified atom stereocenters. The van der Waals surface area contributed by atoms with Crippen molar-refractivity contribution in [2.45, 2.75) is 0 Å². The second-order valence-electron chi connectivity index (χ2n) is 29.2. The van der Waals surface area contributed by atoms with Gasteiger partial charge >= 0.3 is 7.12 Å². The summed E-state index contributed by atoms with van der Waals surface area (Å²) >= 11 is 9.38. The van der Waals surface area contributed by atoms with Crippen LogP contribution in [0.3, 0.4) is 0 Å². The molecule has 2 N–H and O–H groups in total. The van der Waals surface area contributed by atoms with Crippen LogP contribution in [0.15, 0.2) is 376 Å². The fraction of sp³-hybridized carbons (Fsp3) is 0. The minimum absolute atomic E-state index is 0.202. The van der Waals surface area contributed by atoms with Crippen molar-refractivity contribution < 1.29 is 10.0 Å². The molecule has 16 heteroatoms. The van der Waals surface area contributed by atoms with E-state index in [1.807, 2.05) is 121 Å². The number of halogens is 1. The van der Waals surface area contributed by atoms with Crippen LogP contribution in [0.5, 0.6) is 0 Å². The Kier molecular flexibility index (Phi) is 17.3. The Morgan fingerprint density at radius 1 is 0.229 bits per heavy atom. The number of fused-ring (bicyclic) bond motifs is 18. The Hall–Kier alpha value is -14.5. The minimum Gasteiger partial charge on any atom is -0.423 e. The van der Waals surface area contributed by atoms with E-state index in [1.54, 1.807) is 22.7 Å². The molecule has 0 aliphatic heterocycles. The average Bonchev–Trinajstić information content (AvgIpc) is 1.56. The van der Waals surface area contributed by atoms with E-state index in [9.17, 15) is 10.0 Å². The standard InChI is InChI=1S/C51H31N5S.C36H23BN2O2S.C15H10ClN3/c1-4-16-32(17-5-1)49-52-50(33-18-6-2-7-19-33)54-51(53-49)42-29-35(28-41-38-24-12-15-27-47(38)57-48(41)42)56-44-26-14-11-23-37(44)40-30-39-36-22-10-13-25-43(36)55(45(39)31-46(40)56)34-20-8-3-9-21-34;40-37(41)30-19-23(18-29-26-14-6-9-17-35(26)42-36(29)30)39-32-16-8-5-13-25(32)28-20-27-24-12-4-7-15-31(24)38(33(27)21-34(28)39)22-10-2-1-3-11-22;16-15-18-13(11-7-3-1-4-8-11)17-14(19-15)12-9-5-2-6-10-12/h1-31H;1-21,40-41H;1-10H. The third-order valence-electron chi connectivity index (χ3n) is 22.3. The number of aromatic nitrogens is 10. The van der Waals surface area contributed by atoms with Crippen LogP contribution in [0.25, 0.3) is 207 Å². The van der Waals surface area contributed by atoms with Crippen molar-refractivity contribution in [1.29, 1.82) is 0 Å². The molecule has 0 aliphatic carbocycles. The van der Waals surface area contributed by atoms with E-state index in [0.29, 0.717) is 34.6 Å². The highest BCUT2D eigenvalue weighted by Crippen LogP contribution is 2.47. The molecule has 0 aliphatic rings. The summed E-state index contributed by atoms with van der Waals surface area (Å²) in [4.78, 5) is 28.3. The van der Waals surface area contributed by atoms with Gasteiger partial charge in [-0.25, -0.2) is 19.9 Å². The Bertz CT molecular complexity index is 7940. The quantitative estimate of drug-likeness (QED) is 0.129. The van der Waals surface area contributed by atoms with E-state index in [4.69, 9.17) is 26.6 Å². The largest absolute Gasteiger partial charge is 0.489 e. The van der Waals surface area contributed by atoms with Crippen LogP contribution >= 0.6 is 34.3 Å². The summed E-state index contributed by atoms with van der Waals surface area (Å²) in [6, 6.07) is 131. The van der Waals surface area contributed by atoms with Crippen LogP contribution in [0, 0.1) is 0 Å². The third kappa shape index (κ3) is 12.1. The molecule has 0 saturated carbocycles. The molecule has 8 heterocycles. The third-order valence-corrected chi connectivity index (χ3v) is 24.9. The Labute approximate surface area is 688 Å². The van der Waals surface area contributed by atoms with Gasteiger partial charge in [0.05, 0.1) is 44.1 Å². The molecule has 0 saturated heterocycles. The van der Waals surface area contributed by atoms with Gasteiger partial charge in [-0.2, -0.15) is 9.97 Å². The number of rotatable bonds is 10. The van der Waals surface area contributed by atoms with Gasteiger partial charge in [0.25, 0.3) is 0 Å². The van der Waals surface area contributed by atoms with E-state index in [2.05, 4.69) is 288 Å². The zero-order chi connectivity index (χ0) is 78.5. The molecule has 0 spiro atoms. The molecule has 118 heavy (non-hydrogen) atoms. The smallest absolute Gasteiger partial charge is 0.423 e. The number of benzene rings is 16. The normalized spacial score (nSPS) is 11.7. The Balaban J connectivity index is 0.000000120. The minimum atomic E-state index is -1.58. The molecule has 8 aromatic heterocycles. The first-order valence-corrected chi connectivity index (χ1v) is 41.0. The molecule has 0 bridgehead atoms. The fourth-order valence-corrected chi connectivity index (χ4v) is 19.7.